The number of carbonyl (C=O) groups excluding carboxylic acids is 1. The summed E-state index contributed by atoms with van der Waals surface area (Å²) in [6, 6.07) is -1.15. The number of hydrogen-bond acceptors (Lipinski definition) is 6. The number of nitrogens with one attached hydrogen (secondary N) is 1. The number of halogens is 3. The molecular formula is C9H14Cl3NO6. The molecule has 0 unspecified atom stereocenters. The quantitative estimate of drug-likeness (QED) is 0.488. The minimum atomic E-state index is -2.23. The maximum atomic E-state index is 11.5. The van der Waals surface area contributed by atoms with Gasteiger partial charge >= 0.3 is 0 Å². The Morgan fingerprint density at radius 2 is 1.95 bits per heavy atom. The van der Waals surface area contributed by atoms with E-state index in [4.69, 9.17) is 49.4 Å². The van der Waals surface area contributed by atoms with Crippen LogP contribution in [0.15, 0.2) is 0 Å². The summed E-state index contributed by atoms with van der Waals surface area (Å²) in [6.07, 6.45) is -5.02. The van der Waals surface area contributed by atoms with E-state index in [1.807, 2.05) is 0 Å². The summed E-state index contributed by atoms with van der Waals surface area (Å²) in [6.45, 7) is -0.525. The van der Waals surface area contributed by atoms with Gasteiger partial charge < -0.3 is 30.1 Å². The molecule has 4 N–H and O–H groups in total. The van der Waals surface area contributed by atoms with Gasteiger partial charge in [-0.3, -0.25) is 4.79 Å². The molecule has 0 aromatic heterocycles. The predicted octanol–water partition coefficient (Wildman–Crippen LogP) is -1.07. The minimum absolute atomic E-state index is 0.525. The SMILES string of the molecule is CO[C@@H]1O[C@H](CO)[C@@H](O)[C@H](O)[C@H]1NC(=O)C(Cl)(Cl)Cl. The average molecular weight is 339 g/mol. The van der Waals surface area contributed by atoms with Gasteiger partial charge in [0.2, 0.25) is 0 Å². The second-order valence-corrected chi connectivity index (χ2v) is 6.22. The van der Waals surface area contributed by atoms with E-state index < -0.39 is 47.0 Å². The molecule has 1 aliphatic heterocycles. The zero-order valence-corrected chi connectivity index (χ0v) is 12.1. The molecule has 1 saturated heterocycles. The van der Waals surface area contributed by atoms with Crippen LogP contribution in [-0.2, 0) is 14.3 Å². The molecule has 19 heavy (non-hydrogen) atoms. The zero-order valence-electron chi connectivity index (χ0n) is 9.79. The molecule has 0 spiro atoms. The minimum Gasteiger partial charge on any atom is -0.394 e. The van der Waals surface area contributed by atoms with Crippen LogP contribution in [0.2, 0.25) is 0 Å². The molecule has 0 aromatic carbocycles. The molecule has 1 rings (SSSR count). The number of carbonyl (C=O) groups is 1. The number of methoxy groups -OCH3 is 1. The van der Waals surface area contributed by atoms with E-state index in [9.17, 15) is 15.0 Å². The highest BCUT2D eigenvalue weighted by molar-refractivity contribution is 6.76. The highest BCUT2D eigenvalue weighted by atomic mass is 35.6. The summed E-state index contributed by atoms with van der Waals surface area (Å²) in [5.74, 6) is -0.998. The van der Waals surface area contributed by atoms with Crippen molar-refractivity contribution >= 4 is 40.7 Å². The number of amides is 1. The third kappa shape index (κ3) is 4.05. The molecule has 1 fully saturated rings. The van der Waals surface area contributed by atoms with Crippen molar-refractivity contribution in [3.05, 3.63) is 0 Å². The lowest BCUT2D eigenvalue weighted by atomic mass is 9.97. The van der Waals surface area contributed by atoms with E-state index in [0.29, 0.717) is 0 Å². The number of ether oxygens (including phenoxy) is 2. The van der Waals surface area contributed by atoms with E-state index in [1.165, 1.54) is 7.11 Å². The summed E-state index contributed by atoms with van der Waals surface area (Å²) in [7, 11) is 1.26. The molecule has 0 aromatic rings. The van der Waals surface area contributed by atoms with Crippen LogP contribution >= 0.6 is 34.8 Å². The summed E-state index contributed by atoms with van der Waals surface area (Å²) in [5, 5.41) is 30.8. The summed E-state index contributed by atoms with van der Waals surface area (Å²) < 4.78 is 7.86. The molecular weight excluding hydrogens is 324 g/mol. The van der Waals surface area contributed by atoms with Crippen LogP contribution in [0.4, 0.5) is 0 Å². The molecule has 5 atom stereocenters. The molecule has 10 heteroatoms. The van der Waals surface area contributed by atoms with Gasteiger partial charge in [-0.05, 0) is 0 Å². The first-order chi connectivity index (χ1) is 8.72. The maximum absolute atomic E-state index is 11.5. The first-order valence-electron chi connectivity index (χ1n) is 5.25. The molecule has 0 aliphatic carbocycles. The molecule has 1 heterocycles. The Hall–Kier alpha value is 0.140. The Morgan fingerprint density at radius 3 is 2.37 bits per heavy atom. The highest BCUT2D eigenvalue weighted by Crippen LogP contribution is 2.28. The van der Waals surface area contributed by atoms with Crippen LogP contribution in [-0.4, -0.2) is 69.4 Å². The van der Waals surface area contributed by atoms with Crippen molar-refractivity contribution in [1.82, 2.24) is 5.32 Å². The molecule has 7 nitrogen and oxygen atoms in total. The molecule has 0 radical (unpaired) electrons. The Kier molecular flexibility index (Phi) is 6.09. The van der Waals surface area contributed by atoms with E-state index in [-0.39, 0.29) is 0 Å². The van der Waals surface area contributed by atoms with Crippen molar-refractivity contribution in [3.8, 4) is 0 Å². The fraction of sp³-hybridized carbons (Fsp3) is 0.889. The van der Waals surface area contributed by atoms with Crippen molar-refractivity contribution in [2.75, 3.05) is 13.7 Å². The first-order valence-corrected chi connectivity index (χ1v) is 6.38. The van der Waals surface area contributed by atoms with Crippen LogP contribution in [0, 0.1) is 0 Å². The van der Waals surface area contributed by atoms with Gasteiger partial charge in [0.15, 0.2) is 6.29 Å². The van der Waals surface area contributed by atoms with Crippen LogP contribution in [0.3, 0.4) is 0 Å². The lowest BCUT2D eigenvalue weighted by Crippen LogP contribution is -2.65. The second kappa shape index (κ2) is 6.73. The van der Waals surface area contributed by atoms with Crippen LogP contribution < -0.4 is 5.32 Å². The second-order valence-electron chi connectivity index (χ2n) is 3.94. The molecule has 112 valence electrons. The molecule has 0 saturated carbocycles. The maximum Gasteiger partial charge on any atom is 0.272 e. The van der Waals surface area contributed by atoms with Crippen LogP contribution in [0.1, 0.15) is 0 Å². The van der Waals surface area contributed by atoms with E-state index >= 15 is 0 Å². The van der Waals surface area contributed by atoms with Gasteiger partial charge in [0.05, 0.1) is 6.61 Å². The standard InChI is InChI=1S/C9H14Cl3NO6/c1-18-7-4(13-8(17)9(10,11)12)6(16)5(15)3(2-14)19-7/h3-7,14-16H,2H2,1H3,(H,13,17)/t3-,4-,5-,6-,7-/m1/s1. The predicted molar refractivity (Wildman–Crippen MR) is 67.0 cm³/mol. The normalized spacial score (nSPS) is 36.1. The van der Waals surface area contributed by atoms with E-state index in [0.717, 1.165) is 0 Å². The Morgan fingerprint density at radius 1 is 1.37 bits per heavy atom. The van der Waals surface area contributed by atoms with Crippen molar-refractivity contribution in [3.63, 3.8) is 0 Å². The summed E-state index contributed by atoms with van der Waals surface area (Å²) >= 11 is 16.2. The van der Waals surface area contributed by atoms with E-state index in [2.05, 4.69) is 5.32 Å². The van der Waals surface area contributed by atoms with Crippen molar-refractivity contribution < 1.29 is 29.6 Å². The van der Waals surface area contributed by atoms with Gasteiger partial charge in [0, 0.05) is 7.11 Å². The average Bonchev–Trinajstić information content (AvgIpc) is 2.34. The van der Waals surface area contributed by atoms with Crippen LogP contribution in [0.5, 0.6) is 0 Å². The van der Waals surface area contributed by atoms with Gasteiger partial charge in [0.1, 0.15) is 24.4 Å². The summed E-state index contributed by atoms with van der Waals surface area (Å²) in [4.78, 5) is 11.5. The third-order valence-electron chi connectivity index (χ3n) is 2.67. The Bertz CT molecular complexity index is 324. The number of aliphatic hydroxyl groups excluding tert-OH is 3. The fourth-order valence-electron chi connectivity index (χ4n) is 1.67. The number of hydrogen-bond donors (Lipinski definition) is 4. The van der Waals surface area contributed by atoms with Crippen LogP contribution in [0.25, 0.3) is 0 Å². The number of rotatable bonds is 3. The van der Waals surface area contributed by atoms with Gasteiger partial charge in [-0.15, -0.1) is 0 Å². The number of aliphatic hydroxyl groups is 3. The Labute approximate surface area is 124 Å². The fourth-order valence-corrected chi connectivity index (χ4v) is 1.83. The van der Waals surface area contributed by atoms with Crippen molar-refractivity contribution in [1.29, 1.82) is 0 Å². The zero-order chi connectivity index (χ0) is 14.8. The van der Waals surface area contributed by atoms with Gasteiger partial charge in [-0.1, -0.05) is 34.8 Å². The van der Waals surface area contributed by atoms with Crippen molar-refractivity contribution in [2.45, 2.75) is 34.4 Å². The van der Waals surface area contributed by atoms with Crippen molar-refractivity contribution in [2.24, 2.45) is 0 Å². The third-order valence-corrected chi connectivity index (χ3v) is 3.18. The number of alkyl halides is 3. The van der Waals surface area contributed by atoms with Gasteiger partial charge in [-0.25, -0.2) is 0 Å². The highest BCUT2D eigenvalue weighted by Gasteiger charge is 2.46. The molecule has 1 aliphatic rings. The molecule has 1 amide bonds. The van der Waals surface area contributed by atoms with E-state index in [1.54, 1.807) is 0 Å². The monoisotopic (exact) mass is 337 g/mol. The largest absolute Gasteiger partial charge is 0.394 e. The summed E-state index contributed by atoms with van der Waals surface area (Å²) in [5.41, 5.74) is 0. The Balaban J connectivity index is 2.82. The lowest BCUT2D eigenvalue weighted by Gasteiger charge is -2.42. The smallest absolute Gasteiger partial charge is 0.272 e. The topological polar surface area (TPSA) is 108 Å². The van der Waals surface area contributed by atoms with Gasteiger partial charge in [0.25, 0.3) is 9.70 Å². The first kappa shape index (κ1) is 17.2. The molecule has 0 bridgehead atoms. The van der Waals surface area contributed by atoms with Gasteiger partial charge in [-0.2, -0.15) is 0 Å². The lowest BCUT2D eigenvalue weighted by molar-refractivity contribution is -0.262.